The number of anilines is 1. The molecule has 2 aliphatic rings. The second-order valence-corrected chi connectivity index (χ2v) is 8.74. The second kappa shape index (κ2) is 9.05. The average molecular weight is 471 g/mol. The van der Waals surface area contributed by atoms with E-state index in [0.717, 1.165) is 12.8 Å². The van der Waals surface area contributed by atoms with Gasteiger partial charge in [0.1, 0.15) is 17.7 Å². The number of nitrogens with zero attached hydrogens (tertiary/aromatic N) is 4. The normalized spacial score (nSPS) is 20.2. The maximum Gasteiger partial charge on any atom is 0.254 e. The molecule has 1 saturated carbocycles. The lowest BCUT2D eigenvalue weighted by atomic mass is 10.0. The van der Waals surface area contributed by atoms with E-state index in [0.29, 0.717) is 29.9 Å². The Morgan fingerprint density at radius 3 is 2.79 bits per heavy atom. The summed E-state index contributed by atoms with van der Waals surface area (Å²) in [6, 6.07) is 3.86. The summed E-state index contributed by atoms with van der Waals surface area (Å²) in [5, 5.41) is 16.9. The lowest BCUT2D eigenvalue weighted by Gasteiger charge is -2.28. The van der Waals surface area contributed by atoms with E-state index >= 15 is 0 Å². The molecule has 1 aliphatic carbocycles. The molecule has 3 heterocycles. The molecule has 8 nitrogen and oxygen atoms in total. The fourth-order valence-corrected chi connectivity index (χ4v) is 3.98. The molecule has 3 N–H and O–H groups in total. The average Bonchev–Trinajstić information content (AvgIpc) is 3.49. The number of halogens is 3. The third-order valence-electron chi connectivity index (χ3n) is 6.06. The molecule has 0 bridgehead atoms. The summed E-state index contributed by atoms with van der Waals surface area (Å²) >= 11 is 0. The number of hydrogen-bond donors (Lipinski definition) is 3. The van der Waals surface area contributed by atoms with Gasteiger partial charge in [-0.3, -0.25) is 4.79 Å². The number of pyridine rings is 1. The monoisotopic (exact) mass is 471 g/mol. The van der Waals surface area contributed by atoms with Gasteiger partial charge in [-0.25, -0.2) is 18.4 Å². The molecule has 1 aliphatic heterocycles. The molecule has 5 rings (SSSR count). The number of aryl methyl sites for hydroxylation is 1. The molecule has 1 aromatic carbocycles. The summed E-state index contributed by atoms with van der Waals surface area (Å²) in [5.41, 5.74) is 1.64. The molecule has 2 fully saturated rings. The topological polar surface area (TPSA) is 96.8 Å². The third-order valence-corrected chi connectivity index (χ3v) is 6.06. The number of carbonyl (C=O) groups is 1. The summed E-state index contributed by atoms with van der Waals surface area (Å²) in [5.74, 6) is -1.86. The van der Waals surface area contributed by atoms with E-state index in [4.69, 9.17) is 0 Å². The zero-order valence-electron chi connectivity index (χ0n) is 18.5. The number of nitrogens with one attached hydrogen (secondary N) is 3. The van der Waals surface area contributed by atoms with Crippen molar-refractivity contribution in [2.45, 2.75) is 44.4 Å². The van der Waals surface area contributed by atoms with Gasteiger partial charge in [-0.15, -0.1) is 5.10 Å². The molecule has 3 aromatic rings. The van der Waals surface area contributed by atoms with E-state index < -0.39 is 29.9 Å². The standard InChI is InChI=1S/C23H24F3N7O/c1-12-6-17(24)15(23(34)30-13-2-3-13)8-21(12)33-11-20(31-32-33)16-7-14(9-28-22(16)26)29-19-4-5-27-10-18(19)25/h6-9,11,13,18-19,27,29H,2-5,10H2,1H3,(H,30,34)/t18-,19+/m1/s1. The number of piperidine rings is 1. The van der Waals surface area contributed by atoms with E-state index in [-0.39, 0.29) is 29.4 Å². The van der Waals surface area contributed by atoms with Crippen molar-refractivity contribution >= 4 is 11.6 Å². The second-order valence-electron chi connectivity index (χ2n) is 8.74. The highest BCUT2D eigenvalue weighted by atomic mass is 19.1. The van der Waals surface area contributed by atoms with Crippen molar-refractivity contribution in [3.05, 3.63) is 53.5 Å². The van der Waals surface area contributed by atoms with Crippen molar-refractivity contribution < 1.29 is 18.0 Å². The van der Waals surface area contributed by atoms with Crippen LogP contribution in [0.25, 0.3) is 16.9 Å². The molecular formula is C23H24F3N7O. The van der Waals surface area contributed by atoms with E-state index in [9.17, 15) is 18.0 Å². The van der Waals surface area contributed by atoms with Crippen LogP contribution in [0.3, 0.4) is 0 Å². The zero-order chi connectivity index (χ0) is 23.8. The van der Waals surface area contributed by atoms with Crippen LogP contribution in [0.2, 0.25) is 0 Å². The van der Waals surface area contributed by atoms with Crippen LogP contribution in [0.4, 0.5) is 18.9 Å². The fourth-order valence-electron chi connectivity index (χ4n) is 3.98. The summed E-state index contributed by atoms with van der Waals surface area (Å²) < 4.78 is 44.5. The minimum Gasteiger partial charge on any atom is -0.378 e. The minimum absolute atomic E-state index is 0.0866. The minimum atomic E-state index is -1.07. The molecule has 2 atom stereocenters. The Balaban J connectivity index is 1.42. The van der Waals surface area contributed by atoms with Crippen LogP contribution in [-0.2, 0) is 0 Å². The van der Waals surface area contributed by atoms with Gasteiger partial charge in [0.25, 0.3) is 5.91 Å². The number of amides is 1. The van der Waals surface area contributed by atoms with Gasteiger partial charge in [0.15, 0.2) is 0 Å². The Labute approximate surface area is 194 Å². The first kappa shape index (κ1) is 22.3. The fraction of sp³-hybridized carbons (Fsp3) is 0.391. The summed E-state index contributed by atoms with van der Waals surface area (Å²) in [7, 11) is 0. The number of rotatable bonds is 6. The van der Waals surface area contributed by atoms with Crippen LogP contribution < -0.4 is 16.0 Å². The molecule has 11 heteroatoms. The molecule has 34 heavy (non-hydrogen) atoms. The molecule has 0 radical (unpaired) electrons. The lowest BCUT2D eigenvalue weighted by molar-refractivity contribution is 0.0947. The predicted octanol–water partition coefficient (Wildman–Crippen LogP) is 2.92. The van der Waals surface area contributed by atoms with Gasteiger partial charge in [0.2, 0.25) is 5.95 Å². The van der Waals surface area contributed by atoms with Crippen molar-refractivity contribution in [3.8, 4) is 16.9 Å². The maximum absolute atomic E-state index is 14.5. The highest BCUT2D eigenvalue weighted by Gasteiger charge is 2.27. The van der Waals surface area contributed by atoms with Crippen LogP contribution >= 0.6 is 0 Å². The first-order valence-electron chi connectivity index (χ1n) is 11.2. The van der Waals surface area contributed by atoms with Crippen molar-refractivity contribution in [2.75, 3.05) is 18.4 Å². The Kier molecular flexibility index (Phi) is 5.94. The van der Waals surface area contributed by atoms with Crippen molar-refractivity contribution in [3.63, 3.8) is 0 Å². The number of alkyl halides is 1. The number of hydrogen-bond acceptors (Lipinski definition) is 6. The number of benzene rings is 1. The quantitative estimate of drug-likeness (QED) is 0.479. The van der Waals surface area contributed by atoms with E-state index in [2.05, 4.69) is 31.2 Å². The smallest absolute Gasteiger partial charge is 0.254 e. The number of aromatic nitrogens is 4. The zero-order valence-corrected chi connectivity index (χ0v) is 18.5. The highest BCUT2D eigenvalue weighted by molar-refractivity contribution is 5.95. The van der Waals surface area contributed by atoms with Crippen LogP contribution in [0.15, 0.2) is 30.6 Å². The molecular weight excluding hydrogens is 447 g/mol. The van der Waals surface area contributed by atoms with Crippen LogP contribution in [-0.4, -0.2) is 57.2 Å². The van der Waals surface area contributed by atoms with Crippen LogP contribution in [0.5, 0.6) is 0 Å². The Morgan fingerprint density at radius 1 is 1.21 bits per heavy atom. The Bertz CT molecular complexity index is 1230. The maximum atomic E-state index is 14.5. The van der Waals surface area contributed by atoms with Gasteiger partial charge in [-0.2, -0.15) is 4.39 Å². The first-order chi connectivity index (χ1) is 16.4. The van der Waals surface area contributed by atoms with Gasteiger partial charge in [-0.05, 0) is 56.5 Å². The largest absolute Gasteiger partial charge is 0.378 e. The van der Waals surface area contributed by atoms with E-state index in [1.54, 1.807) is 6.92 Å². The van der Waals surface area contributed by atoms with Gasteiger partial charge in [0.05, 0.1) is 40.9 Å². The van der Waals surface area contributed by atoms with Crippen LogP contribution in [0, 0.1) is 18.7 Å². The van der Waals surface area contributed by atoms with Gasteiger partial charge in [-0.1, -0.05) is 5.21 Å². The molecule has 1 saturated heterocycles. The predicted molar refractivity (Wildman–Crippen MR) is 120 cm³/mol. The Hall–Kier alpha value is -3.47. The van der Waals surface area contributed by atoms with E-state index in [1.807, 2.05) is 0 Å². The van der Waals surface area contributed by atoms with Crippen molar-refractivity contribution in [1.29, 1.82) is 0 Å². The lowest BCUT2D eigenvalue weighted by Crippen LogP contribution is -2.45. The molecule has 2 aromatic heterocycles. The molecule has 178 valence electrons. The third kappa shape index (κ3) is 4.60. The summed E-state index contributed by atoms with van der Waals surface area (Å²) in [4.78, 5) is 16.2. The van der Waals surface area contributed by atoms with Gasteiger partial charge >= 0.3 is 0 Å². The molecule has 0 unspecified atom stereocenters. The van der Waals surface area contributed by atoms with Gasteiger partial charge < -0.3 is 16.0 Å². The number of carbonyl (C=O) groups excluding carboxylic acids is 1. The summed E-state index contributed by atoms with van der Waals surface area (Å²) in [6.07, 6.45) is 4.08. The van der Waals surface area contributed by atoms with Gasteiger partial charge in [0, 0.05) is 12.6 Å². The molecule has 1 amide bonds. The first-order valence-corrected chi connectivity index (χ1v) is 11.2. The SMILES string of the molecule is Cc1cc(F)c(C(=O)NC2CC2)cc1-n1cc(-c2cc(N[C@H]3CCNC[C@H]3F)cnc2F)nn1. The van der Waals surface area contributed by atoms with Crippen molar-refractivity contribution in [2.24, 2.45) is 0 Å². The van der Waals surface area contributed by atoms with Crippen LogP contribution in [0.1, 0.15) is 35.2 Å². The van der Waals surface area contributed by atoms with Crippen molar-refractivity contribution in [1.82, 2.24) is 30.6 Å². The molecule has 0 spiro atoms. The summed E-state index contributed by atoms with van der Waals surface area (Å²) in [6.45, 7) is 2.62. The Morgan fingerprint density at radius 2 is 2.03 bits per heavy atom. The highest BCUT2D eigenvalue weighted by Crippen LogP contribution is 2.27. The van der Waals surface area contributed by atoms with E-state index in [1.165, 1.54) is 35.3 Å².